The highest BCUT2D eigenvalue weighted by Crippen LogP contribution is 2.60. The molecule has 2 N–H and O–H groups in total. The first kappa shape index (κ1) is 33.4. The van der Waals surface area contributed by atoms with Crippen LogP contribution in [0.25, 0.3) is 0 Å². The topological polar surface area (TPSA) is 128 Å². The summed E-state index contributed by atoms with van der Waals surface area (Å²) < 4.78 is 19.6. The molecule has 1 fully saturated rings. The third kappa shape index (κ3) is 5.77. The summed E-state index contributed by atoms with van der Waals surface area (Å²) in [5.74, 6) is 0.904. The Bertz CT molecular complexity index is 1790. The van der Waals surface area contributed by atoms with Gasteiger partial charge in [-0.15, -0.1) is 5.10 Å². The van der Waals surface area contributed by atoms with Gasteiger partial charge in [0.2, 0.25) is 0 Å². The highest BCUT2D eigenvalue weighted by Gasteiger charge is 2.65. The number of hydrogen-bond donors (Lipinski definition) is 2. The first-order valence-electron chi connectivity index (χ1n) is 16.2. The molecule has 3 aromatic carbocycles. The van der Waals surface area contributed by atoms with Gasteiger partial charge < -0.3 is 29.5 Å². The first-order chi connectivity index (χ1) is 23.0. The second kappa shape index (κ2) is 13.2. The number of aryl methyl sites for hydroxylation is 1. The van der Waals surface area contributed by atoms with E-state index in [1.807, 2.05) is 36.5 Å². The molecule has 1 saturated heterocycles. The number of carbonyl (C=O) groups is 2. The van der Waals surface area contributed by atoms with Crippen molar-refractivity contribution in [1.29, 1.82) is 0 Å². The standard InChI is InChI=1S/C36H43N5O6Si/c1-23-33(48(5,6)29-14-12-28(46-4)13-15-29)32(17-19-41-22-26(18-20-42)38-39-41)47-36(23)30-21-25(9-16-31(30)40(2)35(36)44)37-34(43)24-7-10-27(45-3)11-8-24/h7-16,21-23,32-33,42H,17-20H2,1-6H3,(H,37,43)/t23-,32+,33-,36+/m0/s1. The molecule has 0 aliphatic carbocycles. The number of carbonyl (C=O) groups excluding carboxylic acids is 2. The molecule has 1 aromatic heterocycles. The summed E-state index contributed by atoms with van der Waals surface area (Å²) in [6.07, 6.45) is 2.64. The summed E-state index contributed by atoms with van der Waals surface area (Å²) >= 11 is 0. The van der Waals surface area contributed by atoms with Crippen LogP contribution in [0.5, 0.6) is 11.5 Å². The Morgan fingerprint density at radius 3 is 2.35 bits per heavy atom. The van der Waals surface area contributed by atoms with Crippen LogP contribution in [0.4, 0.5) is 11.4 Å². The predicted octanol–water partition coefficient (Wildman–Crippen LogP) is 4.37. The predicted molar refractivity (Wildman–Crippen MR) is 186 cm³/mol. The summed E-state index contributed by atoms with van der Waals surface area (Å²) in [5.41, 5.74) is 2.14. The zero-order valence-corrected chi connectivity index (χ0v) is 29.3. The molecule has 2 aliphatic heterocycles. The fraction of sp³-hybridized carbons (Fsp3) is 0.389. The van der Waals surface area contributed by atoms with Crippen molar-refractivity contribution in [2.45, 2.75) is 56.7 Å². The number of likely N-dealkylation sites (N-methyl/N-ethyl adjacent to an activating group) is 1. The maximum absolute atomic E-state index is 14.4. The minimum atomic E-state index is -2.32. The van der Waals surface area contributed by atoms with Gasteiger partial charge in [-0.05, 0) is 66.6 Å². The number of nitrogens with zero attached hydrogens (tertiary/aromatic N) is 4. The van der Waals surface area contributed by atoms with E-state index in [4.69, 9.17) is 14.2 Å². The molecule has 4 aromatic rings. The van der Waals surface area contributed by atoms with Gasteiger partial charge in [-0.25, -0.2) is 0 Å². The minimum absolute atomic E-state index is 0.00572. The van der Waals surface area contributed by atoms with Crippen LogP contribution < -0.4 is 24.9 Å². The van der Waals surface area contributed by atoms with E-state index in [1.54, 1.807) is 55.1 Å². The van der Waals surface area contributed by atoms with E-state index in [-0.39, 0.29) is 36.0 Å². The number of ether oxygens (including phenoxy) is 3. The molecule has 252 valence electrons. The van der Waals surface area contributed by atoms with E-state index in [1.165, 1.54) is 5.19 Å². The molecule has 1 spiro atoms. The van der Waals surface area contributed by atoms with E-state index in [0.717, 1.165) is 22.7 Å². The molecular formula is C36H43N5O6Si. The van der Waals surface area contributed by atoms with E-state index >= 15 is 0 Å². The Labute approximate surface area is 281 Å². The lowest BCUT2D eigenvalue weighted by Crippen LogP contribution is -2.51. The molecule has 0 saturated carbocycles. The fourth-order valence-electron chi connectivity index (χ4n) is 7.65. The number of fused-ring (bicyclic) bond motifs is 2. The number of anilines is 2. The number of hydrogen-bond acceptors (Lipinski definition) is 8. The van der Waals surface area contributed by atoms with Crippen molar-refractivity contribution in [3.63, 3.8) is 0 Å². The van der Waals surface area contributed by atoms with Crippen molar-refractivity contribution in [3.8, 4) is 11.5 Å². The maximum Gasteiger partial charge on any atom is 0.264 e. The van der Waals surface area contributed by atoms with Crippen molar-refractivity contribution in [2.75, 3.05) is 38.1 Å². The smallest absolute Gasteiger partial charge is 0.264 e. The lowest BCUT2D eigenvalue weighted by molar-refractivity contribution is -0.145. The molecule has 4 atom stereocenters. The quantitative estimate of drug-likeness (QED) is 0.226. The third-order valence-corrected chi connectivity index (χ3v) is 14.5. The molecule has 0 unspecified atom stereocenters. The van der Waals surface area contributed by atoms with Crippen molar-refractivity contribution in [3.05, 3.63) is 89.7 Å². The van der Waals surface area contributed by atoms with Crippen molar-refractivity contribution in [1.82, 2.24) is 15.0 Å². The summed E-state index contributed by atoms with van der Waals surface area (Å²) in [6.45, 7) is 7.38. The Kier molecular flexibility index (Phi) is 9.16. The Morgan fingerprint density at radius 2 is 1.71 bits per heavy atom. The number of rotatable bonds is 11. The molecule has 12 heteroatoms. The first-order valence-corrected chi connectivity index (χ1v) is 19.3. The van der Waals surface area contributed by atoms with Crippen LogP contribution in [0.1, 0.15) is 35.0 Å². The van der Waals surface area contributed by atoms with Gasteiger partial charge in [0.1, 0.15) is 11.5 Å². The minimum Gasteiger partial charge on any atom is -0.497 e. The van der Waals surface area contributed by atoms with Crippen LogP contribution in [0.3, 0.4) is 0 Å². The van der Waals surface area contributed by atoms with Crippen LogP contribution in [0.15, 0.2) is 72.9 Å². The lowest BCUT2D eigenvalue weighted by atomic mass is 9.82. The summed E-state index contributed by atoms with van der Waals surface area (Å²) in [7, 11) is 2.71. The average molecular weight is 670 g/mol. The molecule has 0 bridgehead atoms. The van der Waals surface area contributed by atoms with Gasteiger partial charge in [0.05, 0.1) is 39.8 Å². The molecule has 6 rings (SSSR count). The van der Waals surface area contributed by atoms with Gasteiger partial charge in [0.25, 0.3) is 11.8 Å². The molecule has 2 amide bonds. The second-order valence-electron chi connectivity index (χ2n) is 13.2. The zero-order valence-electron chi connectivity index (χ0n) is 28.3. The van der Waals surface area contributed by atoms with Crippen molar-refractivity contribution < 1.29 is 28.9 Å². The van der Waals surface area contributed by atoms with Gasteiger partial charge in [0, 0.05) is 55.5 Å². The largest absolute Gasteiger partial charge is 0.497 e. The average Bonchev–Trinajstić information content (AvgIpc) is 3.74. The number of aliphatic hydroxyl groups excluding tert-OH is 1. The monoisotopic (exact) mass is 669 g/mol. The van der Waals surface area contributed by atoms with Crippen LogP contribution in [-0.2, 0) is 28.1 Å². The van der Waals surface area contributed by atoms with Gasteiger partial charge in [-0.2, -0.15) is 0 Å². The molecule has 3 heterocycles. The SMILES string of the molecule is COc1ccc(C(=O)Nc2ccc3c(c2)[C@@]2(O[C@H](CCn4cc(CCO)nn4)[C@@H]([Si](C)(C)c4ccc(OC)cc4)[C@@H]2C)C(=O)N3C)cc1. The summed E-state index contributed by atoms with van der Waals surface area (Å²) in [5, 5.41) is 22.1. The molecule has 48 heavy (non-hydrogen) atoms. The van der Waals surface area contributed by atoms with E-state index < -0.39 is 13.7 Å². The Hall–Kier alpha value is -4.52. The highest BCUT2D eigenvalue weighted by atomic mass is 28.3. The van der Waals surface area contributed by atoms with E-state index in [2.05, 4.69) is 47.8 Å². The summed E-state index contributed by atoms with van der Waals surface area (Å²) in [6, 6.07) is 20.8. The molecule has 2 aliphatic rings. The number of aromatic nitrogens is 3. The van der Waals surface area contributed by atoms with Gasteiger partial charge in [0.15, 0.2) is 5.60 Å². The summed E-state index contributed by atoms with van der Waals surface area (Å²) in [4.78, 5) is 29.4. The third-order valence-electron chi connectivity index (χ3n) is 10.2. The van der Waals surface area contributed by atoms with Crippen LogP contribution in [-0.4, -0.2) is 74.0 Å². The maximum atomic E-state index is 14.4. The molecular weight excluding hydrogens is 627 g/mol. The highest BCUT2D eigenvalue weighted by molar-refractivity contribution is 6.91. The number of amides is 2. The van der Waals surface area contributed by atoms with Crippen LogP contribution in [0.2, 0.25) is 18.6 Å². The van der Waals surface area contributed by atoms with E-state index in [0.29, 0.717) is 36.4 Å². The van der Waals surface area contributed by atoms with Crippen LogP contribution in [0, 0.1) is 5.92 Å². The Morgan fingerprint density at radius 1 is 1.04 bits per heavy atom. The van der Waals surface area contributed by atoms with Gasteiger partial charge in [-0.3, -0.25) is 14.3 Å². The molecule has 11 nitrogen and oxygen atoms in total. The van der Waals surface area contributed by atoms with Crippen molar-refractivity contribution >= 4 is 36.4 Å². The normalized spacial score (nSPS) is 21.9. The molecule has 0 radical (unpaired) electrons. The zero-order chi connectivity index (χ0) is 34.2. The van der Waals surface area contributed by atoms with E-state index in [9.17, 15) is 14.7 Å². The van der Waals surface area contributed by atoms with Crippen LogP contribution >= 0.6 is 0 Å². The fourth-order valence-corrected chi connectivity index (χ4v) is 11.7. The van der Waals surface area contributed by atoms with Gasteiger partial charge >= 0.3 is 0 Å². The Balaban J connectivity index is 1.37. The number of nitrogens with one attached hydrogen (secondary N) is 1. The van der Waals surface area contributed by atoms with Gasteiger partial charge in [-0.1, -0.05) is 42.6 Å². The lowest BCUT2D eigenvalue weighted by Gasteiger charge is -2.37. The van der Waals surface area contributed by atoms with Crippen molar-refractivity contribution in [2.24, 2.45) is 5.92 Å². The number of methoxy groups -OCH3 is 2. The second-order valence-corrected chi connectivity index (χ2v) is 17.9. The number of benzene rings is 3. The number of aliphatic hydroxyl groups is 1.